The summed E-state index contributed by atoms with van der Waals surface area (Å²) in [7, 11) is 0. The van der Waals surface area contributed by atoms with E-state index < -0.39 is 33.9 Å². The van der Waals surface area contributed by atoms with Gasteiger partial charge in [0, 0.05) is 18.6 Å². The molecule has 9 heteroatoms. The fourth-order valence-corrected chi connectivity index (χ4v) is 1.93. The maximum absolute atomic E-state index is 13.3. The van der Waals surface area contributed by atoms with Crippen LogP contribution in [0.2, 0.25) is 0 Å². The number of halogens is 4. The Morgan fingerprint density at radius 3 is 2.26 bits per heavy atom. The summed E-state index contributed by atoms with van der Waals surface area (Å²) in [5.74, 6) is -6.42. The summed E-state index contributed by atoms with van der Waals surface area (Å²) in [5.41, 5.74) is 3.67. The number of nitrogens with one attached hydrogen (secondary N) is 1. The number of nitrogen functional groups attached to an aromatic ring is 1. The van der Waals surface area contributed by atoms with Gasteiger partial charge in [0.2, 0.25) is 0 Å². The number of anilines is 1. The van der Waals surface area contributed by atoms with Crippen molar-refractivity contribution in [3.8, 4) is 0 Å². The second-order valence-corrected chi connectivity index (χ2v) is 4.75. The van der Waals surface area contributed by atoms with Crippen molar-refractivity contribution < 1.29 is 21.7 Å². The van der Waals surface area contributed by atoms with E-state index in [0.29, 0.717) is 6.54 Å². The zero-order valence-electron chi connectivity index (χ0n) is 9.51. The number of hydrogen-bond donors (Lipinski definition) is 2. The largest absolute Gasteiger partial charge is 0.394 e. The summed E-state index contributed by atoms with van der Waals surface area (Å²) in [5, 5.41) is 1.54. The lowest BCUT2D eigenvalue weighted by Crippen LogP contribution is -2.10. The summed E-state index contributed by atoms with van der Waals surface area (Å²) < 4.78 is 60.5. The van der Waals surface area contributed by atoms with E-state index in [0.717, 1.165) is 0 Å². The molecule has 0 aliphatic heterocycles. The Kier molecular flexibility index (Phi) is 6.49. The van der Waals surface area contributed by atoms with E-state index in [-0.39, 0.29) is 18.6 Å². The smallest absolute Gasteiger partial charge is 0.186 e. The summed E-state index contributed by atoms with van der Waals surface area (Å²) >= 11 is 1.42. The van der Waals surface area contributed by atoms with Crippen LogP contribution < -0.4 is 10.5 Å². The van der Waals surface area contributed by atoms with Gasteiger partial charge in [-0.1, -0.05) is 18.5 Å². The highest BCUT2D eigenvalue weighted by Gasteiger charge is 2.24. The molecule has 3 N–H and O–H groups in total. The molecule has 0 saturated carbocycles. The maximum Gasteiger partial charge on any atom is 0.186 e. The van der Waals surface area contributed by atoms with Gasteiger partial charge in [-0.3, -0.25) is 4.72 Å². The maximum atomic E-state index is 13.3. The molecule has 1 rings (SSSR count). The Labute approximate surface area is 115 Å². The monoisotopic (exact) mass is 314 g/mol. The van der Waals surface area contributed by atoms with E-state index in [1.165, 1.54) is 17.4 Å². The Bertz CT molecular complexity index is 444. The molecule has 0 fully saturated rings. The molecule has 0 aromatic heterocycles. The summed E-state index contributed by atoms with van der Waals surface area (Å²) in [6, 6.07) is 0. The quantitative estimate of drug-likeness (QED) is 0.202. The van der Waals surface area contributed by atoms with Gasteiger partial charge in [0.1, 0.15) is 10.6 Å². The van der Waals surface area contributed by atoms with E-state index in [1.54, 1.807) is 0 Å². The fraction of sp³-hybridized carbons (Fsp3) is 0.200. The second-order valence-electron chi connectivity index (χ2n) is 3.08. The van der Waals surface area contributed by atoms with Crippen molar-refractivity contribution in [2.24, 2.45) is 0 Å². The van der Waals surface area contributed by atoms with Crippen molar-refractivity contribution in [1.82, 2.24) is 4.72 Å². The zero-order valence-corrected chi connectivity index (χ0v) is 11.1. The molecule has 1 aromatic rings. The third kappa shape index (κ3) is 4.03. The predicted molar refractivity (Wildman–Crippen MR) is 68.3 cm³/mol. The van der Waals surface area contributed by atoms with Gasteiger partial charge in [-0.05, 0) is 5.41 Å². The van der Waals surface area contributed by atoms with Crippen LogP contribution in [0.3, 0.4) is 0 Å². The third-order valence-corrected chi connectivity index (χ3v) is 3.20. The molecular weight excluding hydrogens is 304 g/mol. The van der Waals surface area contributed by atoms with Gasteiger partial charge >= 0.3 is 0 Å². The minimum absolute atomic E-state index is 0.0675. The van der Waals surface area contributed by atoms with Crippen LogP contribution in [0.15, 0.2) is 16.9 Å². The highest BCUT2D eigenvalue weighted by atomic mass is 32.2. The predicted octanol–water partition coefficient (Wildman–Crippen LogP) is 3.23. The van der Waals surface area contributed by atoms with Crippen LogP contribution in [0.4, 0.5) is 23.2 Å². The highest BCUT2D eigenvalue weighted by Crippen LogP contribution is 2.32. The lowest BCUT2D eigenvalue weighted by Gasteiger charge is -2.08. The molecule has 0 radical (unpaired) electrons. The first-order valence-corrected chi connectivity index (χ1v) is 6.53. The van der Waals surface area contributed by atoms with Gasteiger partial charge in [0.05, 0.1) is 6.61 Å². The van der Waals surface area contributed by atoms with Crippen molar-refractivity contribution in [2.45, 2.75) is 4.90 Å². The first-order valence-electron chi connectivity index (χ1n) is 4.91. The molecule has 0 amide bonds. The van der Waals surface area contributed by atoms with Gasteiger partial charge in [0.25, 0.3) is 0 Å². The number of nitrogens with two attached hydrogens (primary N) is 1. The number of benzene rings is 1. The average Bonchev–Trinajstić information content (AvgIpc) is 2.41. The lowest BCUT2D eigenvalue weighted by molar-refractivity contribution is 0.372. The molecular formula is C10H10F4N2OS2. The van der Waals surface area contributed by atoms with Gasteiger partial charge in [0.15, 0.2) is 23.3 Å². The van der Waals surface area contributed by atoms with Crippen LogP contribution in [0.1, 0.15) is 0 Å². The SMILES string of the molecule is C=CSNCCOSc1c(F)c(F)c(N)c(F)c1F. The molecule has 0 aliphatic carbocycles. The van der Waals surface area contributed by atoms with Crippen molar-refractivity contribution >= 4 is 29.7 Å². The molecule has 0 spiro atoms. The van der Waals surface area contributed by atoms with Crippen LogP contribution >= 0.6 is 24.0 Å². The highest BCUT2D eigenvalue weighted by molar-refractivity contribution is 8.00. The summed E-state index contributed by atoms with van der Waals surface area (Å²) in [6.45, 7) is 3.86. The van der Waals surface area contributed by atoms with Crippen LogP contribution in [0.5, 0.6) is 0 Å². The van der Waals surface area contributed by atoms with Crippen LogP contribution in [0.25, 0.3) is 0 Å². The number of hydrogen-bond acceptors (Lipinski definition) is 5. The van der Waals surface area contributed by atoms with Crippen molar-refractivity contribution in [2.75, 3.05) is 18.9 Å². The first-order chi connectivity index (χ1) is 9.00. The van der Waals surface area contributed by atoms with Gasteiger partial charge in [-0.2, -0.15) is 0 Å². The van der Waals surface area contributed by atoms with Crippen LogP contribution in [-0.4, -0.2) is 13.2 Å². The minimum Gasteiger partial charge on any atom is -0.394 e. The molecule has 0 bridgehead atoms. The zero-order chi connectivity index (χ0) is 14.4. The standard InChI is InChI=1S/C10H10F4N2OS2/c1-2-18-16-3-4-17-19-10-7(13)5(11)9(15)6(12)8(10)14/h2,16H,1,3-4,15H2. The average molecular weight is 314 g/mol. The molecule has 106 valence electrons. The van der Waals surface area contributed by atoms with Crippen molar-refractivity contribution in [1.29, 1.82) is 0 Å². The van der Waals surface area contributed by atoms with Crippen molar-refractivity contribution in [3.63, 3.8) is 0 Å². The molecule has 19 heavy (non-hydrogen) atoms. The fourth-order valence-electron chi connectivity index (χ4n) is 1.00. The van der Waals surface area contributed by atoms with E-state index >= 15 is 0 Å². The number of rotatable bonds is 7. The van der Waals surface area contributed by atoms with E-state index in [4.69, 9.17) is 9.92 Å². The normalized spacial score (nSPS) is 10.7. The van der Waals surface area contributed by atoms with Crippen LogP contribution in [-0.2, 0) is 4.18 Å². The molecule has 3 nitrogen and oxygen atoms in total. The Hall–Kier alpha value is -0.900. The third-order valence-electron chi connectivity index (χ3n) is 1.85. The minimum atomic E-state index is -1.63. The molecule has 0 heterocycles. The topological polar surface area (TPSA) is 47.3 Å². The lowest BCUT2D eigenvalue weighted by atomic mass is 10.2. The molecule has 0 aliphatic rings. The van der Waals surface area contributed by atoms with E-state index in [1.807, 2.05) is 0 Å². The Balaban J connectivity index is 2.66. The summed E-state index contributed by atoms with van der Waals surface area (Å²) in [6.07, 6.45) is 0. The molecule has 0 atom stereocenters. The van der Waals surface area contributed by atoms with Gasteiger partial charge < -0.3 is 9.92 Å². The molecule has 0 unspecified atom stereocenters. The van der Waals surface area contributed by atoms with Crippen molar-refractivity contribution in [3.05, 3.63) is 35.3 Å². The molecule has 0 saturated heterocycles. The van der Waals surface area contributed by atoms with Gasteiger partial charge in [-0.15, -0.1) is 0 Å². The molecule has 1 aromatic carbocycles. The van der Waals surface area contributed by atoms with E-state index in [2.05, 4.69) is 11.3 Å². The summed E-state index contributed by atoms with van der Waals surface area (Å²) in [4.78, 5) is -0.902. The second kappa shape index (κ2) is 7.63. The van der Waals surface area contributed by atoms with Gasteiger partial charge in [-0.25, -0.2) is 17.6 Å². The first kappa shape index (κ1) is 16.2. The van der Waals surface area contributed by atoms with E-state index in [9.17, 15) is 17.6 Å². The van der Waals surface area contributed by atoms with Crippen LogP contribution in [0, 0.1) is 23.3 Å². The Morgan fingerprint density at radius 2 is 1.74 bits per heavy atom. The Morgan fingerprint density at radius 1 is 1.16 bits per heavy atom.